The van der Waals surface area contributed by atoms with E-state index >= 15 is 0 Å². The minimum atomic E-state index is -0.771. The normalized spacial score (nSPS) is 9.41. The second-order valence-corrected chi connectivity index (χ2v) is 3.53. The molecule has 0 aliphatic rings. The maximum atomic E-state index is 11.5. The lowest BCUT2D eigenvalue weighted by atomic mass is 9.98. The number of nitriles is 1. The van der Waals surface area contributed by atoms with Crippen molar-refractivity contribution in [1.29, 1.82) is 5.26 Å². The molecule has 1 aromatic carbocycles. The Kier molecular flexibility index (Phi) is 4.06. The van der Waals surface area contributed by atoms with Crippen LogP contribution in [0.3, 0.4) is 0 Å². The summed E-state index contributed by atoms with van der Waals surface area (Å²) in [6, 6.07) is 3.86. The summed E-state index contributed by atoms with van der Waals surface area (Å²) >= 11 is 2.93. The van der Waals surface area contributed by atoms with Gasteiger partial charge in [-0.15, -0.1) is 0 Å². The van der Waals surface area contributed by atoms with E-state index in [1.165, 1.54) is 6.07 Å². The molecular weight excluding hydrogens is 292 g/mol. The van der Waals surface area contributed by atoms with Gasteiger partial charge in [0.25, 0.3) is 5.69 Å². The Balaban J connectivity index is 3.61. The number of ketones is 1. The predicted molar refractivity (Wildman–Crippen MR) is 61.3 cm³/mol. The molecule has 0 unspecified atom stereocenters. The monoisotopic (exact) mass is 296 g/mol. The summed E-state index contributed by atoms with van der Waals surface area (Å²) in [7, 11) is 0. The lowest BCUT2D eigenvalue weighted by Gasteiger charge is -2.03. The number of nitrogens with zero attached hydrogens (tertiary/aromatic N) is 2. The lowest BCUT2D eigenvalue weighted by molar-refractivity contribution is -0.385. The fraction of sp³-hybridized carbons (Fsp3) is 0.100. The Morgan fingerprint density at radius 1 is 1.59 bits per heavy atom. The highest BCUT2D eigenvalue weighted by Gasteiger charge is 2.22. The second kappa shape index (κ2) is 5.32. The van der Waals surface area contributed by atoms with Crippen molar-refractivity contribution < 1.29 is 14.5 Å². The van der Waals surface area contributed by atoms with Crippen molar-refractivity contribution >= 4 is 33.7 Å². The van der Waals surface area contributed by atoms with Gasteiger partial charge in [0.15, 0.2) is 12.1 Å². The number of alkyl halides is 1. The van der Waals surface area contributed by atoms with Crippen molar-refractivity contribution in [3.05, 3.63) is 38.9 Å². The maximum absolute atomic E-state index is 11.5. The van der Waals surface area contributed by atoms with Crippen LogP contribution in [0.15, 0.2) is 12.1 Å². The summed E-state index contributed by atoms with van der Waals surface area (Å²) in [4.78, 5) is 32.1. The van der Waals surface area contributed by atoms with E-state index in [1.807, 2.05) is 0 Å². The predicted octanol–water partition coefficient (Wildman–Crippen LogP) is 1.86. The first-order valence-electron chi connectivity index (χ1n) is 4.32. The Morgan fingerprint density at radius 3 is 2.65 bits per heavy atom. The van der Waals surface area contributed by atoms with Crippen LogP contribution in [0.5, 0.6) is 0 Å². The first-order valence-corrected chi connectivity index (χ1v) is 5.44. The van der Waals surface area contributed by atoms with Gasteiger partial charge in [0.05, 0.1) is 15.8 Å². The van der Waals surface area contributed by atoms with Gasteiger partial charge in [-0.25, -0.2) is 0 Å². The van der Waals surface area contributed by atoms with E-state index in [0.29, 0.717) is 0 Å². The minimum Gasteiger partial charge on any atom is -0.298 e. The molecule has 86 valence electrons. The number of nitro benzene ring substituents is 1. The maximum Gasteiger partial charge on any atom is 0.281 e. The molecule has 0 N–H and O–H groups in total. The smallest absolute Gasteiger partial charge is 0.281 e. The van der Waals surface area contributed by atoms with Crippen molar-refractivity contribution in [2.45, 2.75) is 0 Å². The van der Waals surface area contributed by atoms with Crippen LogP contribution in [0.25, 0.3) is 0 Å². The average Bonchev–Trinajstić information content (AvgIpc) is 2.35. The molecule has 0 fully saturated rings. The SMILES string of the molecule is N#Cc1c(C(=O)CBr)ccc([N+](=O)[O-])c1C=O. The Labute approximate surface area is 104 Å². The first-order chi connectivity index (χ1) is 8.06. The summed E-state index contributed by atoms with van der Waals surface area (Å²) in [5, 5.41) is 19.5. The molecule has 17 heavy (non-hydrogen) atoms. The van der Waals surface area contributed by atoms with Crippen LogP contribution in [-0.4, -0.2) is 22.3 Å². The zero-order chi connectivity index (χ0) is 13.0. The zero-order valence-corrected chi connectivity index (χ0v) is 9.93. The standard InChI is InChI=1S/C10H5BrN2O4/c11-3-10(15)6-1-2-9(13(16)17)8(5-14)7(6)4-12/h1-2,5H,3H2. The zero-order valence-electron chi connectivity index (χ0n) is 8.34. The van der Waals surface area contributed by atoms with Gasteiger partial charge in [-0.1, -0.05) is 15.9 Å². The van der Waals surface area contributed by atoms with Gasteiger partial charge in [0, 0.05) is 11.6 Å². The number of aldehydes is 1. The van der Waals surface area contributed by atoms with E-state index < -0.39 is 16.4 Å². The van der Waals surface area contributed by atoms with Crippen LogP contribution in [-0.2, 0) is 0 Å². The van der Waals surface area contributed by atoms with E-state index in [1.54, 1.807) is 6.07 Å². The third kappa shape index (κ3) is 2.37. The molecule has 1 aromatic rings. The highest BCUT2D eigenvalue weighted by atomic mass is 79.9. The fourth-order valence-electron chi connectivity index (χ4n) is 1.31. The van der Waals surface area contributed by atoms with Gasteiger partial charge in [-0.3, -0.25) is 19.7 Å². The Morgan fingerprint density at radius 2 is 2.24 bits per heavy atom. The van der Waals surface area contributed by atoms with E-state index in [2.05, 4.69) is 15.9 Å². The van der Waals surface area contributed by atoms with Crippen molar-refractivity contribution in [2.24, 2.45) is 0 Å². The molecule has 0 amide bonds. The van der Waals surface area contributed by atoms with Crippen molar-refractivity contribution in [3.63, 3.8) is 0 Å². The van der Waals surface area contributed by atoms with E-state index in [0.717, 1.165) is 6.07 Å². The molecule has 0 aliphatic carbocycles. The molecule has 0 heterocycles. The number of carbonyl (C=O) groups is 2. The summed E-state index contributed by atoms with van der Waals surface area (Å²) < 4.78 is 0. The third-order valence-electron chi connectivity index (χ3n) is 2.07. The quantitative estimate of drug-likeness (QED) is 0.277. The molecule has 6 nitrogen and oxygen atoms in total. The van der Waals surface area contributed by atoms with E-state index in [9.17, 15) is 19.7 Å². The molecular formula is C10H5BrN2O4. The van der Waals surface area contributed by atoms with Gasteiger partial charge in [-0.2, -0.15) is 5.26 Å². The van der Waals surface area contributed by atoms with Gasteiger partial charge in [0.1, 0.15) is 11.6 Å². The molecule has 7 heteroatoms. The van der Waals surface area contributed by atoms with Gasteiger partial charge < -0.3 is 0 Å². The lowest BCUT2D eigenvalue weighted by Crippen LogP contribution is -2.07. The van der Waals surface area contributed by atoms with Crippen LogP contribution >= 0.6 is 15.9 Å². The Hall–Kier alpha value is -2.07. The number of hydrogen-bond acceptors (Lipinski definition) is 5. The number of halogens is 1. The van der Waals surface area contributed by atoms with Gasteiger partial charge >= 0.3 is 0 Å². The van der Waals surface area contributed by atoms with Crippen molar-refractivity contribution in [2.75, 3.05) is 5.33 Å². The van der Waals surface area contributed by atoms with Gasteiger partial charge in [-0.05, 0) is 6.07 Å². The van der Waals surface area contributed by atoms with E-state index in [-0.39, 0.29) is 28.3 Å². The third-order valence-corrected chi connectivity index (χ3v) is 2.58. The molecule has 1 rings (SSSR count). The molecule has 0 atom stereocenters. The number of rotatable bonds is 4. The first kappa shape index (κ1) is 13.0. The molecule has 0 bridgehead atoms. The molecule has 0 spiro atoms. The minimum absolute atomic E-state index is 0.00271. The number of Topliss-reactive ketones (excluding diaryl/α,β-unsaturated/α-hetero) is 1. The second-order valence-electron chi connectivity index (χ2n) is 2.96. The molecule has 0 aromatic heterocycles. The fourth-order valence-corrected chi connectivity index (χ4v) is 1.61. The van der Waals surface area contributed by atoms with Crippen LogP contribution in [0.4, 0.5) is 5.69 Å². The number of carbonyl (C=O) groups excluding carboxylic acids is 2. The van der Waals surface area contributed by atoms with Crippen LogP contribution in [0.1, 0.15) is 26.3 Å². The molecule has 0 aliphatic heterocycles. The molecule has 0 saturated heterocycles. The van der Waals surface area contributed by atoms with Gasteiger partial charge in [0.2, 0.25) is 0 Å². The molecule has 0 saturated carbocycles. The van der Waals surface area contributed by atoms with Crippen molar-refractivity contribution in [1.82, 2.24) is 0 Å². The van der Waals surface area contributed by atoms with Crippen LogP contribution in [0.2, 0.25) is 0 Å². The highest BCUT2D eigenvalue weighted by Crippen LogP contribution is 2.24. The number of hydrogen-bond donors (Lipinski definition) is 0. The summed E-state index contributed by atoms with van der Waals surface area (Å²) in [5.74, 6) is -0.417. The van der Waals surface area contributed by atoms with Crippen LogP contribution in [0, 0.1) is 21.4 Å². The van der Waals surface area contributed by atoms with Crippen LogP contribution < -0.4 is 0 Å². The number of benzene rings is 1. The number of nitro groups is 1. The Bertz CT molecular complexity index is 548. The molecule has 0 radical (unpaired) electrons. The highest BCUT2D eigenvalue weighted by molar-refractivity contribution is 9.09. The summed E-state index contributed by atoms with van der Waals surface area (Å²) in [6.45, 7) is 0. The average molecular weight is 297 g/mol. The topological polar surface area (TPSA) is 101 Å². The summed E-state index contributed by atoms with van der Waals surface area (Å²) in [6.07, 6.45) is 0.210. The van der Waals surface area contributed by atoms with E-state index in [4.69, 9.17) is 5.26 Å². The van der Waals surface area contributed by atoms with Crippen molar-refractivity contribution in [3.8, 4) is 6.07 Å². The summed E-state index contributed by atoms with van der Waals surface area (Å²) in [5.41, 5.74) is -1.12. The largest absolute Gasteiger partial charge is 0.298 e.